The van der Waals surface area contributed by atoms with E-state index in [4.69, 9.17) is 11.6 Å². The fourth-order valence-corrected chi connectivity index (χ4v) is 4.64. The Morgan fingerprint density at radius 2 is 2.19 bits per heavy atom. The Balaban J connectivity index is 1.57. The van der Waals surface area contributed by atoms with Crippen LogP contribution >= 0.6 is 45.5 Å². The van der Waals surface area contributed by atoms with Gasteiger partial charge >= 0.3 is 0 Å². The smallest absolute Gasteiger partial charge is 0.258 e. The van der Waals surface area contributed by atoms with Crippen LogP contribution in [-0.2, 0) is 13.1 Å². The van der Waals surface area contributed by atoms with Gasteiger partial charge in [0.25, 0.3) is 5.91 Å². The van der Waals surface area contributed by atoms with Crippen molar-refractivity contribution in [2.45, 2.75) is 13.1 Å². The second kappa shape index (κ2) is 7.61. The van der Waals surface area contributed by atoms with Gasteiger partial charge in [0, 0.05) is 28.6 Å². The van der Waals surface area contributed by atoms with E-state index in [2.05, 4.69) is 45.5 Å². The Kier molecular flexibility index (Phi) is 5.21. The van der Waals surface area contributed by atoms with Crippen molar-refractivity contribution in [3.05, 3.63) is 84.7 Å². The number of carbonyl (C=O) groups excluding carboxylic acids is 1. The molecule has 0 bridgehead atoms. The van der Waals surface area contributed by atoms with E-state index in [0.29, 0.717) is 34.5 Å². The second-order valence-corrected chi connectivity index (χ2v) is 9.15. The highest BCUT2D eigenvalue weighted by atomic mass is 127. The normalized spacial score (nSPS) is 13.0. The highest BCUT2D eigenvalue weighted by Crippen LogP contribution is 2.32. The minimum atomic E-state index is -0.0172. The van der Waals surface area contributed by atoms with Gasteiger partial charge in [-0.25, -0.2) is 4.98 Å². The molecule has 0 aliphatic carbocycles. The molecule has 1 aliphatic rings. The number of fused-ring (bicyclic) bond motifs is 1. The van der Waals surface area contributed by atoms with E-state index >= 15 is 0 Å². The van der Waals surface area contributed by atoms with E-state index < -0.39 is 0 Å². The number of nitrogens with zero attached hydrogens (tertiary/aromatic N) is 2. The molecular weight excluding hydrogens is 493 g/mol. The average Bonchev–Trinajstić information content (AvgIpc) is 3.20. The molecule has 136 valence electrons. The monoisotopic (exact) mass is 507 g/mol. The third kappa shape index (κ3) is 3.88. The Labute approximate surface area is 180 Å². The molecule has 27 heavy (non-hydrogen) atoms. The standard InChI is InChI=1S/C20H15ClIN3OS/c1-12(16-5-6-17(21)27-16)24-19-18-14(7-8-23-19)11-25(20(18)26)10-13-3-2-4-15(22)9-13/h2-9H,1,10-11H2,(H,23,24). The lowest BCUT2D eigenvalue weighted by Gasteiger charge is -2.16. The van der Waals surface area contributed by atoms with E-state index in [1.165, 1.54) is 11.3 Å². The molecule has 1 amide bonds. The summed E-state index contributed by atoms with van der Waals surface area (Å²) in [6.07, 6.45) is 1.72. The molecule has 3 aromatic rings. The predicted octanol–water partition coefficient (Wildman–Crippen LogP) is 5.64. The first kappa shape index (κ1) is 18.5. The van der Waals surface area contributed by atoms with Crippen molar-refractivity contribution >= 4 is 63.0 Å². The van der Waals surface area contributed by atoms with Gasteiger partial charge in [0.1, 0.15) is 5.82 Å². The molecule has 0 saturated heterocycles. The van der Waals surface area contributed by atoms with Gasteiger partial charge in [-0.2, -0.15) is 0 Å². The summed E-state index contributed by atoms with van der Waals surface area (Å²) >= 11 is 9.72. The summed E-state index contributed by atoms with van der Waals surface area (Å²) < 4.78 is 1.85. The van der Waals surface area contributed by atoms with Gasteiger partial charge in [0.05, 0.1) is 14.8 Å². The van der Waals surface area contributed by atoms with Gasteiger partial charge in [-0.15, -0.1) is 11.3 Å². The van der Waals surface area contributed by atoms with E-state index in [9.17, 15) is 4.79 Å². The molecule has 0 spiro atoms. The number of carbonyl (C=O) groups is 1. The van der Waals surface area contributed by atoms with Crippen molar-refractivity contribution in [1.29, 1.82) is 0 Å². The molecule has 0 unspecified atom stereocenters. The molecule has 3 heterocycles. The van der Waals surface area contributed by atoms with Crippen LogP contribution in [0.5, 0.6) is 0 Å². The lowest BCUT2D eigenvalue weighted by atomic mass is 10.1. The Hall–Kier alpha value is -1.90. The molecule has 1 N–H and O–H groups in total. The van der Waals surface area contributed by atoms with E-state index in [1.807, 2.05) is 41.3 Å². The molecule has 0 saturated carbocycles. The number of nitrogens with one attached hydrogen (secondary N) is 1. The molecule has 0 atom stereocenters. The van der Waals surface area contributed by atoms with Crippen molar-refractivity contribution in [2.75, 3.05) is 5.32 Å². The van der Waals surface area contributed by atoms with Crippen molar-refractivity contribution in [2.24, 2.45) is 0 Å². The van der Waals surface area contributed by atoms with Crippen LogP contribution in [0.3, 0.4) is 0 Å². The zero-order chi connectivity index (χ0) is 19.0. The number of thiophene rings is 1. The Morgan fingerprint density at radius 1 is 1.33 bits per heavy atom. The Morgan fingerprint density at radius 3 is 2.93 bits per heavy atom. The van der Waals surface area contributed by atoms with Crippen LogP contribution < -0.4 is 5.32 Å². The topological polar surface area (TPSA) is 45.2 Å². The Bertz CT molecular complexity index is 1050. The van der Waals surface area contributed by atoms with E-state index in [0.717, 1.165) is 19.6 Å². The van der Waals surface area contributed by atoms with E-state index in [1.54, 1.807) is 6.20 Å². The zero-order valence-electron chi connectivity index (χ0n) is 14.2. The van der Waals surface area contributed by atoms with Gasteiger partial charge in [0.15, 0.2) is 0 Å². The van der Waals surface area contributed by atoms with E-state index in [-0.39, 0.29) is 5.91 Å². The highest BCUT2D eigenvalue weighted by molar-refractivity contribution is 14.1. The van der Waals surface area contributed by atoms with Gasteiger partial charge in [0.2, 0.25) is 0 Å². The van der Waals surface area contributed by atoms with Crippen LogP contribution in [0.25, 0.3) is 5.70 Å². The summed E-state index contributed by atoms with van der Waals surface area (Å²) in [6, 6.07) is 13.8. The van der Waals surface area contributed by atoms with Crippen LogP contribution in [0.15, 0.2) is 55.2 Å². The van der Waals surface area contributed by atoms with Gasteiger partial charge in [-0.1, -0.05) is 30.3 Å². The third-order valence-corrected chi connectivity index (χ3v) is 6.26. The SMILES string of the molecule is C=C(Nc1nccc2c1C(=O)N(Cc1cccc(I)c1)C2)c1ccc(Cl)s1. The highest BCUT2D eigenvalue weighted by Gasteiger charge is 2.31. The lowest BCUT2D eigenvalue weighted by molar-refractivity contribution is 0.0767. The fourth-order valence-electron chi connectivity index (χ4n) is 3.07. The first-order chi connectivity index (χ1) is 13.0. The number of halogens is 2. The summed E-state index contributed by atoms with van der Waals surface area (Å²) in [5.41, 5.74) is 3.38. The fraction of sp³-hybridized carbons (Fsp3) is 0.100. The van der Waals surface area contributed by atoms with Crippen molar-refractivity contribution in [3.63, 3.8) is 0 Å². The second-order valence-electron chi connectivity index (χ2n) is 6.19. The van der Waals surface area contributed by atoms with Crippen LogP contribution in [0.2, 0.25) is 4.34 Å². The van der Waals surface area contributed by atoms with Crippen LogP contribution in [0, 0.1) is 3.57 Å². The lowest BCUT2D eigenvalue weighted by Crippen LogP contribution is -2.23. The zero-order valence-corrected chi connectivity index (χ0v) is 17.9. The number of anilines is 1. The maximum absolute atomic E-state index is 13.0. The van der Waals surface area contributed by atoms with Crippen LogP contribution in [0.4, 0.5) is 5.82 Å². The van der Waals surface area contributed by atoms with Gasteiger partial charge < -0.3 is 10.2 Å². The quantitative estimate of drug-likeness (QED) is 0.455. The molecular formula is C20H15ClIN3OS. The minimum absolute atomic E-state index is 0.0172. The number of benzene rings is 1. The number of amides is 1. The molecule has 1 aromatic carbocycles. The predicted molar refractivity (Wildman–Crippen MR) is 119 cm³/mol. The molecule has 2 aromatic heterocycles. The average molecular weight is 508 g/mol. The third-order valence-electron chi connectivity index (χ3n) is 4.30. The van der Waals surface area contributed by atoms with Gasteiger partial charge in [-0.3, -0.25) is 4.79 Å². The maximum atomic E-state index is 13.0. The maximum Gasteiger partial charge on any atom is 0.258 e. The molecule has 0 fully saturated rings. The molecule has 4 nitrogen and oxygen atoms in total. The molecule has 4 rings (SSSR count). The summed E-state index contributed by atoms with van der Waals surface area (Å²) in [5.74, 6) is 0.522. The van der Waals surface area contributed by atoms with Gasteiger partial charge in [-0.05, 0) is 64.0 Å². The minimum Gasteiger partial charge on any atom is -0.339 e. The molecule has 0 radical (unpaired) electrons. The van der Waals surface area contributed by atoms with Crippen molar-refractivity contribution in [3.8, 4) is 0 Å². The van der Waals surface area contributed by atoms with Crippen molar-refractivity contribution < 1.29 is 4.79 Å². The summed E-state index contributed by atoms with van der Waals surface area (Å²) in [7, 11) is 0. The molecule has 1 aliphatic heterocycles. The summed E-state index contributed by atoms with van der Waals surface area (Å²) in [5, 5.41) is 3.19. The number of hydrogen-bond donors (Lipinski definition) is 1. The number of rotatable bonds is 5. The van der Waals surface area contributed by atoms with Crippen molar-refractivity contribution in [1.82, 2.24) is 9.88 Å². The summed E-state index contributed by atoms with van der Waals surface area (Å²) in [6.45, 7) is 5.21. The number of aromatic nitrogens is 1. The largest absolute Gasteiger partial charge is 0.339 e. The first-order valence-electron chi connectivity index (χ1n) is 8.24. The first-order valence-corrected chi connectivity index (χ1v) is 10.5. The van der Waals surface area contributed by atoms with Crippen LogP contribution in [-0.4, -0.2) is 15.8 Å². The van der Waals surface area contributed by atoms with Crippen LogP contribution in [0.1, 0.15) is 26.4 Å². The summed E-state index contributed by atoms with van der Waals surface area (Å²) in [4.78, 5) is 20.2. The number of pyridine rings is 1. The molecule has 7 heteroatoms. The number of hydrogen-bond acceptors (Lipinski definition) is 4.